The maximum Gasteiger partial charge on any atom is 0.230 e. The second kappa shape index (κ2) is 9.11. The summed E-state index contributed by atoms with van der Waals surface area (Å²) in [6.45, 7) is 13.6. The van der Waals surface area contributed by atoms with E-state index in [0.29, 0.717) is 17.9 Å². The fourth-order valence-corrected chi connectivity index (χ4v) is 5.53. The average molecular weight is 439 g/mol. The number of nitrogens with zero attached hydrogens (tertiary/aromatic N) is 3. The van der Waals surface area contributed by atoms with Crippen LogP contribution in [-0.2, 0) is 9.59 Å². The third-order valence-electron chi connectivity index (χ3n) is 7.46. The Balaban J connectivity index is 1.50. The first-order valence-electron chi connectivity index (χ1n) is 11.9. The van der Waals surface area contributed by atoms with E-state index in [1.165, 1.54) is 0 Å². The maximum atomic E-state index is 13.6. The molecule has 3 fully saturated rings. The normalized spacial score (nSPS) is 28.3. The number of rotatable bonds is 4. The van der Waals surface area contributed by atoms with E-state index >= 15 is 0 Å². The molecule has 1 aliphatic carbocycles. The van der Waals surface area contributed by atoms with Crippen LogP contribution in [0.2, 0.25) is 0 Å². The molecule has 2 saturated heterocycles. The number of likely N-dealkylation sites (tertiary alicyclic amines) is 1. The minimum Gasteiger partial charge on any atom is -0.393 e. The van der Waals surface area contributed by atoms with Crippen LogP contribution >= 0.6 is 0 Å². The molecule has 0 bridgehead atoms. The molecule has 1 atom stereocenters. The molecule has 7 heteroatoms. The fourth-order valence-electron chi connectivity index (χ4n) is 5.53. The fraction of sp³-hybridized carbons (Fsp3) is 0.640. The van der Waals surface area contributed by atoms with Crippen molar-refractivity contribution in [1.29, 1.82) is 0 Å². The van der Waals surface area contributed by atoms with Crippen molar-refractivity contribution in [3.63, 3.8) is 0 Å². The van der Waals surface area contributed by atoms with Crippen molar-refractivity contribution in [1.82, 2.24) is 4.90 Å². The van der Waals surface area contributed by atoms with E-state index in [0.717, 1.165) is 63.7 Å². The molecule has 32 heavy (non-hydrogen) atoms. The Morgan fingerprint density at radius 1 is 1.22 bits per heavy atom. The smallest absolute Gasteiger partial charge is 0.230 e. The standard InChI is InChI=1S/C25H34N4O3/c1-17(2)23(31)27-18-5-10-22(21(15-18)26-3)28-13-4-11-25(16-28)12-14-29(24(25)32)19-6-8-20(30)9-7-19/h5,10,15,17,19-20,30H,4,6-9,11-14,16H2,1-2H3,(H,27,31)/t19?,20?,25-/m0/s1. The predicted molar refractivity (Wildman–Crippen MR) is 125 cm³/mol. The quantitative estimate of drug-likeness (QED) is 0.698. The van der Waals surface area contributed by atoms with Crippen molar-refractivity contribution in [3.05, 3.63) is 29.6 Å². The topological polar surface area (TPSA) is 77.2 Å². The Labute approximate surface area is 190 Å². The summed E-state index contributed by atoms with van der Waals surface area (Å²) in [7, 11) is 0. The molecule has 1 spiro atoms. The van der Waals surface area contributed by atoms with E-state index in [2.05, 4.69) is 20.0 Å². The van der Waals surface area contributed by atoms with Gasteiger partial charge in [-0.2, -0.15) is 0 Å². The molecular weight excluding hydrogens is 404 g/mol. The summed E-state index contributed by atoms with van der Waals surface area (Å²) in [5.41, 5.74) is 1.60. The maximum absolute atomic E-state index is 13.6. The van der Waals surface area contributed by atoms with Gasteiger partial charge in [0.25, 0.3) is 0 Å². The van der Waals surface area contributed by atoms with Crippen LogP contribution in [0.25, 0.3) is 4.85 Å². The van der Waals surface area contributed by atoms with Gasteiger partial charge >= 0.3 is 0 Å². The second-order valence-corrected chi connectivity index (χ2v) is 9.98. The van der Waals surface area contributed by atoms with Crippen molar-refractivity contribution in [2.75, 3.05) is 29.9 Å². The number of aliphatic hydroxyl groups excluding tert-OH is 1. The number of aliphatic hydroxyl groups is 1. The van der Waals surface area contributed by atoms with Crippen LogP contribution in [0, 0.1) is 17.9 Å². The number of benzene rings is 1. The number of anilines is 2. The minimum absolute atomic E-state index is 0.0718. The van der Waals surface area contributed by atoms with E-state index in [1.54, 1.807) is 6.07 Å². The molecule has 7 nitrogen and oxygen atoms in total. The van der Waals surface area contributed by atoms with Gasteiger partial charge in [0.2, 0.25) is 17.5 Å². The number of piperidine rings is 1. The van der Waals surface area contributed by atoms with E-state index < -0.39 is 0 Å². The summed E-state index contributed by atoms with van der Waals surface area (Å²) in [6, 6.07) is 5.74. The summed E-state index contributed by atoms with van der Waals surface area (Å²) in [5, 5.41) is 12.7. The molecule has 0 radical (unpaired) electrons. The molecule has 0 aromatic heterocycles. The molecule has 1 aromatic carbocycles. The van der Waals surface area contributed by atoms with Crippen molar-refractivity contribution in [2.45, 2.75) is 70.9 Å². The van der Waals surface area contributed by atoms with E-state index in [4.69, 9.17) is 6.57 Å². The van der Waals surface area contributed by atoms with Gasteiger partial charge in [0.1, 0.15) is 0 Å². The van der Waals surface area contributed by atoms with Crippen LogP contribution in [0.15, 0.2) is 18.2 Å². The number of carbonyl (C=O) groups is 2. The molecule has 2 N–H and O–H groups in total. The number of nitrogens with one attached hydrogen (secondary N) is 1. The number of hydrogen-bond acceptors (Lipinski definition) is 4. The van der Waals surface area contributed by atoms with Crippen LogP contribution in [-0.4, -0.2) is 53.6 Å². The van der Waals surface area contributed by atoms with Crippen molar-refractivity contribution in [2.24, 2.45) is 11.3 Å². The summed E-state index contributed by atoms with van der Waals surface area (Å²) < 4.78 is 0. The summed E-state index contributed by atoms with van der Waals surface area (Å²) in [5.74, 6) is 0.0584. The molecule has 1 aromatic rings. The Morgan fingerprint density at radius 2 is 1.97 bits per heavy atom. The minimum atomic E-state index is -0.377. The molecule has 2 heterocycles. The third kappa shape index (κ3) is 4.33. The van der Waals surface area contributed by atoms with Gasteiger partial charge in [-0.25, -0.2) is 4.85 Å². The molecule has 4 rings (SSSR count). The van der Waals surface area contributed by atoms with Crippen LogP contribution in [0.1, 0.15) is 58.8 Å². The van der Waals surface area contributed by atoms with Crippen LogP contribution in [0.4, 0.5) is 17.1 Å². The Bertz CT molecular complexity index is 916. The third-order valence-corrected chi connectivity index (χ3v) is 7.46. The van der Waals surface area contributed by atoms with Crippen LogP contribution in [0.5, 0.6) is 0 Å². The summed E-state index contributed by atoms with van der Waals surface area (Å²) >= 11 is 0. The highest BCUT2D eigenvalue weighted by molar-refractivity contribution is 5.93. The van der Waals surface area contributed by atoms with E-state index in [9.17, 15) is 14.7 Å². The van der Waals surface area contributed by atoms with E-state index in [1.807, 2.05) is 26.0 Å². The van der Waals surface area contributed by atoms with Crippen LogP contribution in [0.3, 0.4) is 0 Å². The average Bonchev–Trinajstić information content (AvgIpc) is 3.09. The lowest BCUT2D eigenvalue weighted by molar-refractivity contribution is -0.139. The van der Waals surface area contributed by atoms with Crippen molar-refractivity contribution >= 4 is 28.9 Å². The van der Waals surface area contributed by atoms with Crippen LogP contribution < -0.4 is 10.2 Å². The Morgan fingerprint density at radius 3 is 2.66 bits per heavy atom. The molecule has 1 saturated carbocycles. The molecule has 2 amide bonds. The second-order valence-electron chi connectivity index (χ2n) is 9.98. The zero-order chi connectivity index (χ0) is 22.9. The number of hydrogen-bond donors (Lipinski definition) is 2. The molecule has 0 unspecified atom stereocenters. The molecule has 172 valence electrons. The van der Waals surface area contributed by atoms with Gasteiger partial charge in [-0.15, -0.1) is 0 Å². The molecular formula is C25H34N4O3. The molecule has 3 aliphatic rings. The van der Waals surface area contributed by atoms with Crippen molar-refractivity contribution < 1.29 is 14.7 Å². The van der Waals surface area contributed by atoms with Crippen molar-refractivity contribution in [3.8, 4) is 0 Å². The van der Waals surface area contributed by atoms with Gasteiger partial charge in [-0.3, -0.25) is 9.59 Å². The van der Waals surface area contributed by atoms with Gasteiger partial charge in [-0.1, -0.05) is 13.8 Å². The van der Waals surface area contributed by atoms with Gasteiger partial charge in [0.05, 0.1) is 18.1 Å². The molecule has 2 aliphatic heterocycles. The summed E-state index contributed by atoms with van der Waals surface area (Å²) in [4.78, 5) is 33.6. The van der Waals surface area contributed by atoms with Gasteiger partial charge < -0.3 is 20.2 Å². The first-order chi connectivity index (χ1) is 15.3. The number of carbonyl (C=O) groups excluding carboxylic acids is 2. The predicted octanol–water partition coefficient (Wildman–Crippen LogP) is 3.95. The number of amides is 2. The summed E-state index contributed by atoms with van der Waals surface area (Å²) in [6.07, 6.45) is 5.79. The van der Waals surface area contributed by atoms with E-state index in [-0.39, 0.29) is 35.3 Å². The zero-order valence-corrected chi connectivity index (χ0v) is 19.1. The van der Waals surface area contributed by atoms with Gasteiger partial charge in [-0.05, 0) is 63.1 Å². The Kier molecular flexibility index (Phi) is 6.43. The lowest BCUT2D eigenvalue weighted by Gasteiger charge is -2.42. The first kappa shape index (κ1) is 22.6. The lowest BCUT2D eigenvalue weighted by atomic mass is 9.78. The zero-order valence-electron chi connectivity index (χ0n) is 19.1. The highest BCUT2D eigenvalue weighted by atomic mass is 16.3. The lowest BCUT2D eigenvalue weighted by Crippen LogP contribution is -2.50. The van der Waals surface area contributed by atoms with Gasteiger partial charge in [0, 0.05) is 43.0 Å². The first-order valence-corrected chi connectivity index (χ1v) is 11.9. The SMILES string of the molecule is [C-]#[N+]c1cc(NC(=O)C(C)C)ccc1N1CCC[C@]2(CCN(C3CCC(O)CC3)C2=O)C1. The van der Waals surface area contributed by atoms with Gasteiger partial charge in [0.15, 0.2) is 0 Å². The monoisotopic (exact) mass is 438 g/mol. The highest BCUT2D eigenvalue weighted by Gasteiger charge is 2.50. The highest BCUT2D eigenvalue weighted by Crippen LogP contribution is 2.45. The Hall–Kier alpha value is -2.59. The largest absolute Gasteiger partial charge is 0.393 e.